The van der Waals surface area contributed by atoms with Crippen molar-refractivity contribution in [1.82, 2.24) is 10.2 Å². The second kappa shape index (κ2) is 14.2. The minimum Gasteiger partial charge on any atom is -0.354 e. The monoisotopic (exact) mass is 623 g/mol. The molecule has 0 saturated heterocycles. The number of para-hydroxylation sites is 1. The van der Waals surface area contributed by atoms with E-state index in [1.165, 1.54) is 23.1 Å². The fraction of sp³-hybridized carbons (Fsp3) is 0.310. The number of rotatable bonds is 12. The Hall–Kier alpha value is -2.78. The molecule has 11 heteroatoms. The Bertz CT molecular complexity index is 1450. The maximum absolute atomic E-state index is 14.1. The van der Waals surface area contributed by atoms with Gasteiger partial charge in [-0.3, -0.25) is 13.9 Å². The first-order valence-corrected chi connectivity index (χ1v) is 15.4. The average Bonchev–Trinajstić information content (AvgIpc) is 2.92. The highest BCUT2D eigenvalue weighted by atomic mass is 35.5. The summed E-state index contributed by atoms with van der Waals surface area (Å²) in [5.74, 6) is -0.936. The van der Waals surface area contributed by atoms with Gasteiger partial charge in [0, 0.05) is 23.1 Å². The molecule has 7 nitrogen and oxygen atoms in total. The van der Waals surface area contributed by atoms with Gasteiger partial charge in [-0.25, -0.2) is 8.42 Å². The molecular formula is C29H32Cl3N3O4S. The van der Waals surface area contributed by atoms with E-state index in [1.54, 1.807) is 55.5 Å². The molecule has 1 N–H and O–H groups in total. The number of hydrogen-bond acceptors (Lipinski definition) is 4. The average molecular weight is 625 g/mol. The highest BCUT2D eigenvalue weighted by Crippen LogP contribution is 2.31. The van der Waals surface area contributed by atoms with Gasteiger partial charge in [0.15, 0.2) is 0 Å². The van der Waals surface area contributed by atoms with Gasteiger partial charge in [-0.05, 0) is 61.7 Å². The summed E-state index contributed by atoms with van der Waals surface area (Å²) in [5, 5.41) is 3.75. The number of sulfonamides is 1. The standard InChI is InChI=1S/C29H32Cl3N3O4S/c1-4-16-33-29(37)26(5-2)34(18-21-12-13-22(30)17-25(21)32)28(36)19-35(27-9-7-6-8-24(27)31)40(38,39)23-14-10-20(3)11-15-23/h6-15,17,26H,4-5,16,18-19H2,1-3H3,(H,33,37)/t26-/m0/s1. The normalized spacial score (nSPS) is 12.1. The van der Waals surface area contributed by atoms with Crippen molar-refractivity contribution in [1.29, 1.82) is 0 Å². The van der Waals surface area contributed by atoms with Crippen molar-refractivity contribution in [3.63, 3.8) is 0 Å². The van der Waals surface area contributed by atoms with Crippen molar-refractivity contribution in [2.24, 2.45) is 0 Å². The van der Waals surface area contributed by atoms with E-state index in [-0.39, 0.29) is 28.1 Å². The van der Waals surface area contributed by atoms with Crippen molar-refractivity contribution in [3.8, 4) is 0 Å². The fourth-order valence-corrected chi connectivity index (χ4v) is 6.31. The molecule has 0 heterocycles. The first kappa shape index (κ1) is 31.7. The molecule has 0 fully saturated rings. The molecule has 40 heavy (non-hydrogen) atoms. The number of hydrogen-bond donors (Lipinski definition) is 1. The van der Waals surface area contributed by atoms with Crippen LogP contribution in [0.5, 0.6) is 0 Å². The van der Waals surface area contributed by atoms with Crippen molar-refractivity contribution >= 4 is 62.3 Å². The maximum Gasteiger partial charge on any atom is 0.264 e. The Balaban J connectivity index is 2.08. The second-order valence-corrected chi connectivity index (χ2v) is 12.4. The smallest absolute Gasteiger partial charge is 0.264 e. The first-order valence-electron chi connectivity index (χ1n) is 12.8. The number of aryl methyl sites for hydroxylation is 1. The molecule has 0 aromatic heterocycles. The van der Waals surface area contributed by atoms with Gasteiger partial charge in [-0.1, -0.05) is 84.5 Å². The van der Waals surface area contributed by atoms with Gasteiger partial charge in [0.1, 0.15) is 12.6 Å². The number of anilines is 1. The number of nitrogens with zero attached hydrogens (tertiary/aromatic N) is 2. The van der Waals surface area contributed by atoms with Crippen LogP contribution in [0.3, 0.4) is 0 Å². The van der Waals surface area contributed by atoms with Crippen molar-refractivity contribution in [3.05, 3.63) is 92.9 Å². The molecule has 3 aromatic rings. The fourth-order valence-electron chi connectivity index (χ4n) is 4.12. The predicted octanol–water partition coefficient (Wildman–Crippen LogP) is 6.48. The van der Waals surface area contributed by atoms with E-state index in [9.17, 15) is 18.0 Å². The number of halogens is 3. The van der Waals surface area contributed by atoms with Crippen LogP contribution in [0, 0.1) is 6.92 Å². The molecule has 2 amide bonds. The number of carbonyl (C=O) groups excluding carboxylic acids is 2. The van der Waals surface area contributed by atoms with Gasteiger partial charge in [-0.15, -0.1) is 0 Å². The van der Waals surface area contributed by atoms with E-state index in [0.717, 1.165) is 9.87 Å². The first-order chi connectivity index (χ1) is 19.0. The number of benzene rings is 3. The van der Waals surface area contributed by atoms with Gasteiger partial charge in [0.25, 0.3) is 10.0 Å². The van der Waals surface area contributed by atoms with Gasteiger partial charge < -0.3 is 10.2 Å². The van der Waals surface area contributed by atoms with Crippen LogP contribution in [-0.2, 0) is 26.2 Å². The molecule has 0 aliphatic carbocycles. The molecule has 1 atom stereocenters. The van der Waals surface area contributed by atoms with E-state index in [1.807, 2.05) is 13.8 Å². The highest BCUT2D eigenvalue weighted by Gasteiger charge is 2.34. The van der Waals surface area contributed by atoms with Crippen LogP contribution in [0.25, 0.3) is 0 Å². The lowest BCUT2D eigenvalue weighted by molar-refractivity contribution is -0.140. The number of carbonyl (C=O) groups is 2. The third kappa shape index (κ3) is 7.69. The molecule has 3 aromatic carbocycles. The molecule has 0 bridgehead atoms. The quantitative estimate of drug-likeness (QED) is 0.250. The van der Waals surface area contributed by atoms with Crippen LogP contribution in [0.15, 0.2) is 71.6 Å². The zero-order chi connectivity index (χ0) is 29.4. The zero-order valence-electron chi connectivity index (χ0n) is 22.5. The molecule has 214 valence electrons. The molecule has 0 aliphatic heterocycles. The van der Waals surface area contributed by atoms with Crippen LogP contribution in [-0.4, -0.2) is 44.3 Å². The summed E-state index contributed by atoms with van der Waals surface area (Å²) in [6, 6.07) is 16.7. The molecule has 0 spiro atoms. The predicted molar refractivity (Wildman–Crippen MR) is 162 cm³/mol. The zero-order valence-corrected chi connectivity index (χ0v) is 25.6. The van der Waals surface area contributed by atoms with E-state index in [0.29, 0.717) is 35.0 Å². The Labute approximate surface area is 251 Å². The second-order valence-electron chi connectivity index (χ2n) is 9.25. The lowest BCUT2D eigenvalue weighted by Gasteiger charge is -2.33. The van der Waals surface area contributed by atoms with Crippen LogP contribution < -0.4 is 9.62 Å². The number of amides is 2. The summed E-state index contributed by atoms with van der Waals surface area (Å²) in [5.41, 5.74) is 1.59. The van der Waals surface area contributed by atoms with Crippen molar-refractivity contribution in [2.45, 2.75) is 51.1 Å². The van der Waals surface area contributed by atoms with Crippen LogP contribution in [0.4, 0.5) is 5.69 Å². The Morgan fingerprint density at radius 3 is 2.20 bits per heavy atom. The summed E-state index contributed by atoms with van der Waals surface area (Å²) in [6.07, 6.45) is 1.01. The van der Waals surface area contributed by atoms with Crippen LogP contribution in [0.1, 0.15) is 37.8 Å². The summed E-state index contributed by atoms with van der Waals surface area (Å²) in [7, 11) is -4.22. The van der Waals surface area contributed by atoms with Gasteiger partial charge in [-0.2, -0.15) is 0 Å². The molecule has 0 aliphatic rings. The minimum absolute atomic E-state index is 0.00541. The van der Waals surface area contributed by atoms with Gasteiger partial charge in [0.05, 0.1) is 15.6 Å². The van der Waals surface area contributed by atoms with Gasteiger partial charge in [0.2, 0.25) is 11.8 Å². The summed E-state index contributed by atoms with van der Waals surface area (Å²) in [4.78, 5) is 28.6. The summed E-state index contributed by atoms with van der Waals surface area (Å²) in [6.45, 7) is 5.37. The molecule has 0 saturated carbocycles. The van der Waals surface area contributed by atoms with Crippen LogP contribution in [0.2, 0.25) is 15.1 Å². The van der Waals surface area contributed by atoms with E-state index < -0.39 is 28.5 Å². The van der Waals surface area contributed by atoms with Crippen molar-refractivity contribution in [2.75, 3.05) is 17.4 Å². The van der Waals surface area contributed by atoms with Crippen LogP contribution >= 0.6 is 34.8 Å². The Morgan fingerprint density at radius 1 is 0.925 bits per heavy atom. The van der Waals surface area contributed by atoms with Crippen molar-refractivity contribution < 1.29 is 18.0 Å². The molecule has 0 radical (unpaired) electrons. The minimum atomic E-state index is -4.22. The summed E-state index contributed by atoms with van der Waals surface area (Å²) >= 11 is 18.9. The lowest BCUT2D eigenvalue weighted by Crippen LogP contribution is -2.52. The SMILES string of the molecule is CCCNC(=O)[C@H](CC)N(Cc1ccc(Cl)cc1Cl)C(=O)CN(c1ccccc1Cl)S(=O)(=O)c1ccc(C)cc1. The highest BCUT2D eigenvalue weighted by molar-refractivity contribution is 7.92. The van der Waals surface area contributed by atoms with Gasteiger partial charge >= 0.3 is 0 Å². The molecule has 0 unspecified atom stereocenters. The van der Waals surface area contributed by atoms with E-state index in [2.05, 4.69) is 5.32 Å². The molecule has 3 rings (SSSR count). The summed E-state index contributed by atoms with van der Waals surface area (Å²) < 4.78 is 28.8. The third-order valence-electron chi connectivity index (χ3n) is 6.30. The van der Waals surface area contributed by atoms with E-state index >= 15 is 0 Å². The Morgan fingerprint density at radius 2 is 1.60 bits per heavy atom. The lowest BCUT2D eigenvalue weighted by atomic mass is 10.1. The maximum atomic E-state index is 14.1. The largest absolute Gasteiger partial charge is 0.354 e. The topological polar surface area (TPSA) is 86.8 Å². The Kier molecular flexibility index (Phi) is 11.3. The van der Waals surface area contributed by atoms with E-state index in [4.69, 9.17) is 34.8 Å². The number of nitrogens with one attached hydrogen (secondary N) is 1. The molecular weight excluding hydrogens is 593 g/mol. The third-order valence-corrected chi connectivity index (χ3v) is 8.98.